The Bertz CT molecular complexity index is 293. The molecule has 0 saturated carbocycles. The lowest BCUT2D eigenvalue weighted by Gasteiger charge is -2.09. The summed E-state index contributed by atoms with van der Waals surface area (Å²) in [4.78, 5) is 4.23. The minimum Gasteiger partial charge on any atom is -0.395 e. The molecule has 72 valence electrons. The van der Waals surface area contributed by atoms with Crippen LogP contribution in [-0.4, -0.2) is 21.9 Å². The van der Waals surface area contributed by atoms with Crippen LogP contribution in [0.4, 0.5) is 0 Å². The van der Waals surface area contributed by atoms with Crippen LogP contribution in [0.2, 0.25) is 0 Å². The molecule has 1 rings (SSSR count). The van der Waals surface area contributed by atoms with Crippen LogP contribution in [0.5, 0.6) is 0 Å². The Morgan fingerprint density at radius 2 is 2.38 bits per heavy atom. The fraction of sp³-hybridized carbons (Fsp3) is 0.444. The van der Waals surface area contributed by atoms with E-state index in [4.69, 9.17) is 5.11 Å². The Morgan fingerprint density at radius 1 is 1.69 bits per heavy atom. The zero-order chi connectivity index (χ0) is 9.84. The maximum absolute atomic E-state index is 8.89. The second-order valence-electron chi connectivity index (χ2n) is 2.86. The van der Waals surface area contributed by atoms with Crippen LogP contribution < -0.4 is 0 Å². The molecule has 4 heteroatoms. The van der Waals surface area contributed by atoms with Crippen molar-refractivity contribution in [3.8, 4) is 0 Å². The van der Waals surface area contributed by atoms with Gasteiger partial charge in [-0.15, -0.1) is 0 Å². The molecule has 0 amide bonds. The van der Waals surface area contributed by atoms with Crippen molar-refractivity contribution in [2.24, 2.45) is 0 Å². The minimum atomic E-state index is 0.173. The van der Waals surface area contributed by atoms with Gasteiger partial charge in [0, 0.05) is 11.4 Å². The van der Waals surface area contributed by atoms with Crippen molar-refractivity contribution in [1.29, 1.82) is 0 Å². The van der Waals surface area contributed by atoms with Gasteiger partial charge in [0.25, 0.3) is 0 Å². The number of halogens is 1. The van der Waals surface area contributed by atoms with Crippen LogP contribution in [-0.2, 0) is 0 Å². The third-order valence-electron chi connectivity index (χ3n) is 1.62. The van der Waals surface area contributed by atoms with Gasteiger partial charge in [-0.2, -0.15) is 0 Å². The van der Waals surface area contributed by atoms with Crippen LogP contribution in [0.1, 0.15) is 12.5 Å². The average Bonchev–Trinajstić information content (AvgIpc) is 2.13. The number of aryl methyl sites for hydroxylation is 1. The highest BCUT2D eigenvalue weighted by Crippen LogP contribution is 2.30. The molecule has 1 N–H and O–H groups in total. The highest BCUT2D eigenvalue weighted by atomic mass is 79.9. The third-order valence-corrected chi connectivity index (χ3v) is 3.97. The predicted octanol–water partition coefficient (Wildman–Crippen LogP) is 2.63. The molecule has 0 bridgehead atoms. The molecular formula is C9H12BrNOS. The lowest BCUT2D eigenvalue weighted by molar-refractivity contribution is 0.300. The molecular weight excluding hydrogens is 250 g/mol. The van der Waals surface area contributed by atoms with Crippen LogP contribution in [0.15, 0.2) is 21.8 Å². The van der Waals surface area contributed by atoms with Gasteiger partial charge >= 0.3 is 0 Å². The summed E-state index contributed by atoms with van der Waals surface area (Å²) in [5.41, 5.74) is 1.17. The smallest absolute Gasteiger partial charge is 0.111 e. The minimum absolute atomic E-state index is 0.173. The topological polar surface area (TPSA) is 33.1 Å². The molecule has 0 aliphatic rings. The first kappa shape index (κ1) is 11.0. The van der Waals surface area contributed by atoms with Gasteiger partial charge in [0.1, 0.15) is 5.03 Å². The molecule has 0 radical (unpaired) electrons. The van der Waals surface area contributed by atoms with Crippen LogP contribution in [0.25, 0.3) is 0 Å². The normalized spacial score (nSPS) is 12.9. The van der Waals surface area contributed by atoms with Crippen molar-refractivity contribution in [1.82, 2.24) is 4.98 Å². The number of aliphatic hydroxyl groups is 1. The summed E-state index contributed by atoms with van der Waals surface area (Å²) in [6, 6.07) is 1.96. The van der Waals surface area contributed by atoms with Crippen LogP contribution in [0.3, 0.4) is 0 Å². The molecule has 0 aliphatic heterocycles. The number of aromatic nitrogens is 1. The van der Waals surface area contributed by atoms with Gasteiger partial charge in [0.2, 0.25) is 0 Å². The largest absolute Gasteiger partial charge is 0.395 e. The lowest BCUT2D eigenvalue weighted by Crippen LogP contribution is -2.02. The second-order valence-corrected chi connectivity index (χ2v) is 5.08. The number of thioether (sulfide) groups is 1. The van der Waals surface area contributed by atoms with Gasteiger partial charge in [0.05, 0.1) is 11.1 Å². The van der Waals surface area contributed by atoms with Crippen molar-refractivity contribution in [2.45, 2.75) is 24.1 Å². The fourth-order valence-corrected chi connectivity index (χ4v) is 2.18. The summed E-state index contributed by atoms with van der Waals surface area (Å²) in [7, 11) is 0. The van der Waals surface area contributed by atoms with E-state index in [1.807, 2.05) is 19.9 Å². The van der Waals surface area contributed by atoms with Gasteiger partial charge in [0.15, 0.2) is 0 Å². The van der Waals surface area contributed by atoms with Crippen molar-refractivity contribution < 1.29 is 5.11 Å². The number of nitrogens with zero attached hydrogens (tertiary/aromatic N) is 1. The van der Waals surface area contributed by atoms with Crippen molar-refractivity contribution >= 4 is 27.7 Å². The van der Waals surface area contributed by atoms with E-state index in [2.05, 4.69) is 20.9 Å². The standard InChI is InChI=1S/C9H12BrNOS/c1-6-3-4-11-9(8(6)10)13-7(2)5-12/h3-4,7,12H,5H2,1-2H3. The number of hydrogen-bond acceptors (Lipinski definition) is 3. The Labute approximate surface area is 90.9 Å². The van der Waals surface area contributed by atoms with E-state index in [1.165, 1.54) is 5.56 Å². The van der Waals surface area contributed by atoms with E-state index in [0.29, 0.717) is 0 Å². The van der Waals surface area contributed by atoms with Crippen molar-refractivity contribution in [2.75, 3.05) is 6.61 Å². The summed E-state index contributed by atoms with van der Waals surface area (Å²) in [5, 5.41) is 10.0. The summed E-state index contributed by atoms with van der Waals surface area (Å²) < 4.78 is 1.03. The van der Waals surface area contributed by atoms with Gasteiger partial charge in [-0.05, 0) is 34.5 Å². The average molecular weight is 262 g/mol. The zero-order valence-electron chi connectivity index (χ0n) is 7.62. The van der Waals surface area contributed by atoms with E-state index < -0.39 is 0 Å². The summed E-state index contributed by atoms with van der Waals surface area (Å²) in [5.74, 6) is 0. The molecule has 1 atom stereocenters. The molecule has 0 aliphatic carbocycles. The molecule has 2 nitrogen and oxygen atoms in total. The number of pyridine rings is 1. The molecule has 13 heavy (non-hydrogen) atoms. The molecule has 1 aromatic heterocycles. The van der Waals surface area contributed by atoms with Crippen LogP contribution >= 0.6 is 27.7 Å². The maximum Gasteiger partial charge on any atom is 0.111 e. The number of rotatable bonds is 3. The first-order valence-corrected chi connectivity index (χ1v) is 5.71. The molecule has 1 heterocycles. The third kappa shape index (κ3) is 2.97. The van der Waals surface area contributed by atoms with E-state index >= 15 is 0 Å². The highest BCUT2D eigenvalue weighted by Gasteiger charge is 2.08. The lowest BCUT2D eigenvalue weighted by atomic mass is 10.3. The second kappa shape index (κ2) is 4.98. The maximum atomic E-state index is 8.89. The highest BCUT2D eigenvalue weighted by molar-refractivity contribution is 9.10. The Kier molecular flexibility index (Phi) is 4.22. The van der Waals surface area contributed by atoms with E-state index in [0.717, 1.165) is 9.50 Å². The van der Waals surface area contributed by atoms with E-state index in [9.17, 15) is 0 Å². The molecule has 0 spiro atoms. The molecule has 0 saturated heterocycles. The van der Waals surface area contributed by atoms with Gasteiger partial charge in [-0.25, -0.2) is 4.98 Å². The Morgan fingerprint density at radius 3 is 3.00 bits per heavy atom. The zero-order valence-corrected chi connectivity index (χ0v) is 10.0. The predicted molar refractivity (Wildman–Crippen MR) is 59.1 cm³/mol. The Balaban J connectivity index is 2.83. The quantitative estimate of drug-likeness (QED) is 0.850. The summed E-state index contributed by atoms with van der Waals surface area (Å²) in [6.45, 7) is 4.17. The fourth-order valence-electron chi connectivity index (χ4n) is 0.825. The van der Waals surface area contributed by atoms with E-state index in [1.54, 1.807) is 18.0 Å². The number of aliphatic hydroxyl groups excluding tert-OH is 1. The van der Waals surface area contributed by atoms with Gasteiger partial charge in [-0.1, -0.05) is 18.7 Å². The van der Waals surface area contributed by atoms with Gasteiger partial charge in [-0.3, -0.25) is 0 Å². The summed E-state index contributed by atoms with van der Waals surface area (Å²) in [6.07, 6.45) is 1.78. The van der Waals surface area contributed by atoms with E-state index in [-0.39, 0.29) is 11.9 Å². The first-order valence-electron chi connectivity index (χ1n) is 4.03. The molecule has 1 unspecified atom stereocenters. The molecule has 1 aromatic rings. The molecule has 0 aromatic carbocycles. The molecule has 0 fully saturated rings. The first-order chi connectivity index (χ1) is 6.15. The Hall–Kier alpha value is -0.0600. The monoisotopic (exact) mass is 261 g/mol. The number of hydrogen-bond donors (Lipinski definition) is 1. The van der Waals surface area contributed by atoms with Crippen LogP contribution in [0, 0.1) is 6.92 Å². The van der Waals surface area contributed by atoms with Crippen molar-refractivity contribution in [3.63, 3.8) is 0 Å². The summed E-state index contributed by atoms with van der Waals surface area (Å²) >= 11 is 5.05. The van der Waals surface area contributed by atoms with Gasteiger partial charge < -0.3 is 5.11 Å². The SMILES string of the molecule is Cc1ccnc(SC(C)CO)c1Br. The van der Waals surface area contributed by atoms with Crippen molar-refractivity contribution in [3.05, 3.63) is 22.3 Å².